The van der Waals surface area contributed by atoms with Crippen LogP contribution in [-0.2, 0) is 16.0 Å². The molecular formula is C25H32N2O3. The van der Waals surface area contributed by atoms with Crippen molar-refractivity contribution >= 4 is 23.3 Å². The molecule has 2 amide bonds. The highest BCUT2D eigenvalue weighted by Gasteiger charge is 2.12. The van der Waals surface area contributed by atoms with Gasteiger partial charge in [0.25, 0.3) is 0 Å². The number of aryl methyl sites for hydroxylation is 3. The zero-order chi connectivity index (χ0) is 22.3. The molecule has 5 nitrogen and oxygen atoms in total. The number of hydrogen-bond acceptors (Lipinski definition) is 3. The Morgan fingerprint density at radius 3 is 2.03 bits per heavy atom. The topological polar surface area (TPSA) is 75.3 Å². The largest absolute Gasteiger partial charge is 0.347 e. The Kier molecular flexibility index (Phi) is 8.34. The average molecular weight is 409 g/mol. The molecule has 2 aromatic rings. The van der Waals surface area contributed by atoms with E-state index >= 15 is 0 Å². The molecule has 5 heteroatoms. The molecule has 0 unspecified atom stereocenters. The van der Waals surface area contributed by atoms with Crippen LogP contribution in [0.1, 0.15) is 59.3 Å². The molecule has 160 valence electrons. The van der Waals surface area contributed by atoms with Gasteiger partial charge in [0.2, 0.25) is 11.8 Å². The molecular weight excluding hydrogens is 376 g/mol. The van der Waals surface area contributed by atoms with Crippen molar-refractivity contribution in [2.75, 3.05) is 11.9 Å². The number of rotatable bonds is 9. The number of carbonyl (C=O) groups excluding carboxylic acids is 3. The van der Waals surface area contributed by atoms with Crippen LogP contribution >= 0.6 is 0 Å². The minimum Gasteiger partial charge on any atom is -0.347 e. The lowest BCUT2D eigenvalue weighted by atomic mass is 9.99. The summed E-state index contributed by atoms with van der Waals surface area (Å²) >= 11 is 0. The number of nitrogens with one attached hydrogen (secondary N) is 2. The second-order valence-electron chi connectivity index (χ2n) is 8.32. The van der Waals surface area contributed by atoms with Crippen molar-refractivity contribution in [2.24, 2.45) is 5.92 Å². The van der Waals surface area contributed by atoms with Crippen molar-refractivity contribution < 1.29 is 14.4 Å². The highest BCUT2D eigenvalue weighted by atomic mass is 16.2. The first kappa shape index (κ1) is 23.3. The van der Waals surface area contributed by atoms with Gasteiger partial charge in [0.15, 0.2) is 5.78 Å². The number of carbonyl (C=O) groups is 3. The van der Waals surface area contributed by atoms with Gasteiger partial charge in [-0.3, -0.25) is 14.4 Å². The summed E-state index contributed by atoms with van der Waals surface area (Å²) in [5.41, 5.74) is 5.68. The lowest BCUT2D eigenvalue weighted by molar-refractivity contribution is -0.124. The first-order chi connectivity index (χ1) is 14.2. The Morgan fingerprint density at radius 1 is 0.867 bits per heavy atom. The van der Waals surface area contributed by atoms with Gasteiger partial charge in [-0.05, 0) is 49.8 Å². The first-order valence-electron chi connectivity index (χ1n) is 10.4. The molecule has 2 rings (SSSR count). The molecule has 2 N–H and O–H groups in total. The number of anilines is 1. The van der Waals surface area contributed by atoms with E-state index in [4.69, 9.17) is 0 Å². The number of amides is 2. The van der Waals surface area contributed by atoms with E-state index < -0.39 is 0 Å². The molecule has 0 aliphatic carbocycles. The minimum absolute atomic E-state index is 0.0580. The van der Waals surface area contributed by atoms with E-state index in [1.54, 1.807) is 0 Å². The SMILES string of the molecule is Cc1cc(C)c(NC(=O)CNC(=O)CCC(=O)c2ccc(CC(C)C)cc2)c(C)c1. The zero-order valence-corrected chi connectivity index (χ0v) is 18.6. The van der Waals surface area contributed by atoms with E-state index in [-0.39, 0.29) is 37.0 Å². The van der Waals surface area contributed by atoms with Crippen LogP contribution < -0.4 is 10.6 Å². The van der Waals surface area contributed by atoms with E-state index in [9.17, 15) is 14.4 Å². The quantitative estimate of drug-likeness (QED) is 0.599. The fourth-order valence-corrected chi connectivity index (χ4v) is 3.50. The van der Waals surface area contributed by atoms with Crippen molar-refractivity contribution in [1.29, 1.82) is 0 Å². The lowest BCUT2D eigenvalue weighted by Gasteiger charge is -2.13. The maximum atomic E-state index is 12.3. The highest BCUT2D eigenvalue weighted by Crippen LogP contribution is 2.21. The van der Waals surface area contributed by atoms with Gasteiger partial charge in [-0.25, -0.2) is 0 Å². The molecule has 2 aromatic carbocycles. The normalized spacial score (nSPS) is 10.7. The maximum Gasteiger partial charge on any atom is 0.243 e. The van der Waals surface area contributed by atoms with Gasteiger partial charge in [-0.1, -0.05) is 55.8 Å². The first-order valence-corrected chi connectivity index (χ1v) is 10.4. The van der Waals surface area contributed by atoms with Crippen LogP contribution in [0.4, 0.5) is 5.69 Å². The fraction of sp³-hybridized carbons (Fsp3) is 0.400. The minimum atomic E-state index is -0.313. The van der Waals surface area contributed by atoms with Gasteiger partial charge in [0.05, 0.1) is 6.54 Å². The maximum absolute atomic E-state index is 12.3. The monoisotopic (exact) mass is 408 g/mol. The van der Waals surface area contributed by atoms with Crippen LogP contribution in [0.3, 0.4) is 0 Å². The summed E-state index contributed by atoms with van der Waals surface area (Å²) in [4.78, 5) is 36.5. The molecule has 0 fully saturated rings. The highest BCUT2D eigenvalue weighted by molar-refractivity contribution is 5.99. The standard InChI is InChI=1S/C25H32N2O3/c1-16(2)12-20-6-8-21(9-7-20)22(28)10-11-23(29)26-15-24(30)27-25-18(4)13-17(3)14-19(25)5/h6-9,13-14,16H,10-12,15H2,1-5H3,(H,26,29)(H,27,30). The van der Waals surface area contributed by atoms with Crippen molar-refractivity contribution in [2.45, 2.75) is 53.9 Å². The molecule has 0 aliphatic heterocycles. The Balaban J connectivity index is 1.78. The molecule has 0 aliphatic rings. The van der Waals surface area contributed by atoms with E-state index in [0.29, 0.717) is 11.5 Å². The van der Waals surface area contributed by atoms with Crippen LogP contribution in [0.2, 0.25) is 0 Å². The summed E-state index contributed by atoms with van der Waals surface area (Å²) in [6.45, 7) is 10.1. The van der Waals surface area contributed by atoms with Gasteiger partial charge in [-0.2, -0.15) is 0 Å². The third-order valence-corrected chi connectivity index (χ3v) is 4.89. The third kappa shape index (κ3) is 7.14. The Hall–Kier alpha value is -2.95. The lowest BCUT2D eigenvalue weighted by Crippen LogP contribution is -2.33. The van der Waals surface area contributed by atoms with E-state index in [1.165, 1.54) is 5.56 Å². The predicted molar refractivity (Wildman–Crippen MR) is 121 cm³/mol. The zero-order valence-electron chi connectivity index (χ0n) is 18.6. The number of ketones is 1. The smallest absolute Gasteiger partial charge is 0.243 e. The number of Topliss-reactive ketones (excluding diaryl/α,β-unsaturated/α-hetero) is 1. The number of benzene rings is 2. The van der Waals surface area contributed by atoms with Crippen molar-refractivity contribution in [3.8, 4) is 0 Å². The van der Waals surface area contributed by atoms with Gasteiger partial charge in [0, 0.05) is 24.1 Å². The Morgan fingerprint density at radius 2 is 1.47 bits per heavy atom. The Bertz CT molecular complexity index is 891. The van der Waals surface area contributed by atoms with Crippen molar-refractivity contribution in [1.82, 2.24) is 5.32 Å². The molecule has 0 radical (unpaired) electrons. The molecule has 0 saturated heterocycles. The van der Waals surface area contributed by atoms with E-state index in [2.05, 4.69) is 24.5 Å². The van der Waals surface area contributed by atoms with Gasteiger partial charge in [0.1, 0.15) is 0 Å². The molecule has 0 aromatic heterocycles. The number of hydrogen-bond donors (Lipinski definition) is 2. The molecule has 0 heterocycles. The van der Waals surface area contributed by atoms with E-state index in [1.807, 2.05) is 57.2 Å². The van der Waals surface area contributed by atoms with Crippen molar-refractivity contribution in [3.63, 3.8) is 0 Å². The predicted octanol–water partition coefficient (Wildman–Crippen LogP) is 4.53. The molecule has 0 bridgehead atoms. The fourth-order valence-electron chi connectivity index (χ4n) is 3.50. The molecule has 0 spiro atoms. The van der Waals surface area contributed by atoms with Crippen LogP contribution in [0.15, 0.2) is 36.4 Å². The second kappa shape index (κ2) is 10.7. The summed E-state index contributed by atoms with van der Waals surface area (Å²) in [7, 11) is 0. The van der Waals surface area contributed by atoms with E-state index in [0.717, 1.165) is 28.8 Å². The third-order valence-electron chi connectivity index (χ3n) is 4.89. The molecule has 30 heavy (non-hydrogen) atoms. The van der Waals surface area contributed by atoms with Crippen molar-refractivity contribution in [3.05, 3.63) is 64.2 Å². The molecule has 0 saturated carbocycles. The summed E-state index contributed by atoms with van der Waals surface area (Å²) in [5.74, 6) is -0.111. The van der Waals surface area contributed by atoms with Crippen LogP contribution in [0.25, 0.3) is 0 Å². The van der Waals surface area contributed by atoms with Crippen LogP contribution in [0.5, 0.6) is 0 Å². The Labute approximate surface area is 179 Å². The summed E-state index contributed by atoms with van der Waals surface area (Å²) in [5, 5.41) is 5.44. The second-order valence-corrected chi connectivity index (χ2v) is 8.32. The van der Waals surface area contributed by atoms with Gasteiger partial charge in [-0.15, -0.1) is 0 Å². The molecule has 0 atom stereocenters. The summed E-state index contributed by atoms with van der Waals surface area (Å²) in [6.07, 6.45) is 1.15. The van der Waals surface area contributed by atoms with Crippen LogP contribution in [-0.4, -0.2) is 24.1 Å². The average Bonchev–Trinajstić information content (AvgIpc) is 2.67. The summed E-state index contributed by atoms with van der Waals surface area (Å²) < 4.78 is 0. The van der Waals surface area contributed by atoms with Gasteiger partial charge < -0.3 is 10.6 Å². The summed E-state index contributed by atoms with van der Waals surface area (Å²) in [6, 6.07) is 11.6. The van der Waals surface area contributed by atoms with Gasteiger partial charge >= 0.3 is 0 Å². The van der Waals surface area contributed by atoms with Crippen LogP contribution in [0, 0.1) is 26.7 Å².